The minimum atomic E-state index is -0.00332. The molecule has 0 saturated heterocycles. The van der Waals surface area contributed by atoms with Crippen molar-refractivity contribution in [1.82, 2.24) is 5.32 Å². The van der Waals surface area contributed by atoms with Crippen LogP contribution in [-0.2, 0) is 9.53 Å². The van der Waals surface area contributed by atoms with Crippen LogP contribution in [0.25, 0.3) is 0 Å². The zero-order valence-electron chi connectivity index (χ0n) is 19.7. The van der Waals surface area contributed by atoms with Gasteiger partial charge in [-0.2, -0.15) is 0 Å². The van der Waals surface area contributed by atoms with Gasteiger partial charge in [0.2, 0.25) is 0 Å². The number of hydrogen-bond donors (Lipinski definition) is 2. The van der Waals surface area contributed by atoms with Crippen LogP contribution < -0.4 is 5.32 Å². The predicted molar refractivity (Wildman–Crippen MR) is 124 cm³/mol. The Bertz CT molecular complexity index is 326. The first-order valence-corrected chi connectivity index (χ1v) is 12.7. The van der Waals surface area contributed by atoms with Gasteiger partial charge in [-0.15, -0.1) is 0 Å². The number of aliphatic hydroxyl groups is 1. The van der Waals surface area contributed by atoms with E-state index < -0.39 is 0 Å². The van der Waals surface area contributed by atoms with Crippen LogP contribution in [0, 0.1) is 5.92 Å². The number of nitrogens with one attached hydrogen (secondary N) is 1. The van der Waals surface area contributed by atoms with Crippen molar-refractivity contribution in [3.05, 3.63) is 0 Å². The summed E-state index contributed by atoms with van der Waals surface area (Å²) in [6, 6.07) is 0. The molecular weight excluding hydrogens is 362 g/mol. The summed E-state index contributed by atoms with van der Waals surface area (Å²) in [4.78, 5) is 12.0. The van der Waals surface area contributed by atoms with E-state index in [1.165, 1.54) is 70.6 Å². The summed E-state index contributed by atoms with van der Waals surface area (Å²) in [5, 5.41) is 12.1. The van der Waals surface area contributed by atoms with Crippen LogP contribution >= 0.6 is 0 Å². The Hall–Kier alpha value is -0.610. The summed E-state index contributed by atoms with van der Waals surface area (Å²) in [6.45, 7) is 7.49. The first-order chi connectivity index (χ1) is 14.2. The van der Waals surface area contributed by atoms with Gasteiger partial charge in [0.25, 0.3) is 0 Å². The van der Waals surface area contributed by atoms with Gasteiger partial charge in [-0.3, -0.25) is 4.79 Å². The molecule has 0 atom stereocenters. The zero-order valence-corrected chi connectivity index (χ0v) is 19.7. The Kier molecular flexibility index (Phi) is 23.2. The van der Waals surface area contributed by atoms with E-state index in [1.807, 2.05) is 0 Å². The highest BCUT2D eigenvalue weighted by atomic mass is 16.5. The Labute approximate surface area is 181 Å². The minimum Gasteiger partial charge on any atom is -0.466 e. The molecule has 0 radical (unpaired) electrons. The van der Waals surface area contributed by atoms with E-state index in [4.69, 9.17) is 9.84 Å². The number of esters is 1. The SMILES string of the molecule is CCCCCC(CCCCC)CCOC(=O)CCCCCCCNCCCCO. The number of hydrogen-bond acceptors (Lipinski definition) is 4. The number of aliphatic hydroxyl groups excluding tert-OH is 1. The Balaban J connectivity index is 3.57. The molecule has 0 aromatic carbocycles. The molecule has 0 aliphatic carbocycles. The summed E-state index contributed by atoms with van der Waals surface area (Å²) in [6.07, 6.45) is 19.7. The van der Waals surface area contributed by atoms with Gasteiger partial charge in [0.05, 0.1) is 6.61 Å². The highest BCUT2D eigenvalue weighted by Gasteiger charge is 2.10. The molecule has 0 saturated carbocycles. The zero-order chi connectivity index (χ0) is 21.4. The summed E-state index contributed by atoms with van der Waals surface area (Å²) in [7, 11) is 0. The van der Waals surface area contributed by atoms with Gasteiger partial charge in [-0.1, -0.05) is 84.5 Å². The number of carbonyl (C=O) groups excluding carboxylic acids is 1. The van der Waals surface area contributed by atoms with Crippen molar-refractivity contribution in [2.75, 3.05) is 26.3 Å². The van der Waals surface area contributed by atoms with E-state index in [0.29, 0.717) is 19.6 Å². The lowest BCUT2D eigenvalue weighted by Crippen LogP contribution is -2.16. The van der Waals surface area contributed by atoms with Gasteiger partial charge in [-0.25, -0.2) is 0 Å². The Morgan fingerprint density at radius 2 is 1.34 bits per heavy atom. The first-order valence-electron chi connectivity index (χ1n) is 12.7. The first kappa shape index (κ1) is 28.4. The van der Waals surface area contributed by atoms with E-state index >= 15 is 0 Å². The second kappa shape index (κ2) is 23.7. The standard InChI is InChI=1S/C25H51NO3/c1-3-5-10-16-24(17-11-6-4-2)19-23-29-25(28)18-12-8-7-9-13-20-26-21-14-15-22-27/h24,26-27H,3-23H2,1-2H3. The summed E-state index contributed by atoms with van der Waals surface area (Å²) >= 11 is 0. The number of rotatable bonds is 23. The summed E-state index contributed by atoms with van der Waals surface area (Å²) < 4.78 is 5.51. The molecule has 174 valence electrons. The largest absolute Gasteiger partial charge is 0.466 e. The fraction of sp³-hybridized carbons (Fsp3) is 0.960. The Morgan fingerprint density at radius 1 is 0.759 bits per heavy atom. The van der Waals surface area contributed by atoms with E-state index in [2.05, 4.69) is 19.2 Å². The van der Waals surface area contributed by atoms with Gasteiger partial charge in [0, 0.05) is 13.0 Å². The third kappa shape index (κ3) is 21.9. The van der Waals surface area contributed by atoms with Crippen molar-refractivity contribution in [1.29, 1.82) is 0 Å². The minimum absolute atomic E-state index is 0.00332. The van der Waals surface area contributed by atoms with Crippen molar-refractivity contribution < 1.29 is 14.6 Å². The van der Waals surface area contributed by atoms with E-state index in [1.54, 1.807) is 0 Å². The van der Waals surface area contributed by atoms with Crippen molar-refractivity contribution >= 4 is 5.97 Å². The molecule has 0 unspecified atom stereocenters. The van der Waals surface area contributed by atoms with Gasteiger partial charge < -0.3 is 15.2 Å². The molecule has 0 aliphatic rings. The average Bonchev–Trinajstić information content (AvgIpc) is 2.72. The molecule has 0 bridgehead atoms. The molecule has 0 fully saturated rings. The topological polar surface area (TPSA) is 58.6 Å². The maximum Gasteiger partial charge on any atom is 0.305 e. The number of carbonyl (C=O) groups is 1. The molecule has 0 spiro atoms. The summed E-state index contributed by atoms with van der Waals surface area (Å²) in [5.41, 5.74) is 0. The van der Waals surface area contributed by atoms with Gasteiger partial charge in [-0.05, 0) is 51.1 Å². The quantitative estimate of drug-likeness (QED) is 0.150. The predicted octanol–water partition coefficient (Wildman–Crippen LogP) is 6.40. The van der Waals surface area contributed by atoms with Crippen LogP contribution in [0.3, 0.4) is 0 Å². The van der Waals surface area contributed by atoms with Crippen LogP contribution in [0.4, 0.5) is 0 Å². The van der Waals surface area contributed by atoms with Crippen LogP contribution in [0.15, 0.2) is 0 Å². The van der Waals surface area contributed by atoms with Gasteiger partial charge in [0.1, 0.15) is 0 Å². The molecule has 4 nitrogen and oxygen atoms in total. The highest BCUT2D eigenvalue weighted by molar-refractivity contribution is 5.69. The molecule has 0 rings (SSSR count). The van der Waals surface area contributed by atoms with Gasteiger partial charge in [0.15, 0.2) is 0 Å². The fourth-order valence-corrected chi connectivity index (χ4v) is 3.75. The molecular formula is C25H51NO3. The van der Waals surface area contributed by atoms with Crippen molar-refractivity contribution in [2.24, 2.45) is 5.92 Å². The Morgan fingerprint density at radius 3 is 1.97 bits per heavy atom. The molecule has 4 heteroatoms. The second-order valence-electron chi connectivity index (χ2n) is 8.57. The van der Waals surface area contributed by atoms with E-state index in [9.17, 15) is 4.79 Å². The maximum atomic E-state index is 12.0. The van der Waals surface area contributed by atoms with Crippen molar-refractivity contribution in [3.63, 3.8) is 0 Å². The molecule has 0 heterocycles. The highest BCUT2D eigenvalue weighted by Crippen LogP contribution is 2.21. The number of unbranched alkanes of at least 4 members (excludes halogenated alkanes) is 9. The fourth-order valence-electron chi connectivity index (χ4n) is 3.75. The third-order valence-electron chi connectivity index (χ3n) is 5.72. The third-order valence-corrected chi connectivity index (χ3v) is 5.72. The van der Waals surface area contributed by atoms with Crippen LogP contribution in [0.2, 0.25) is 0 Å². The molecule has 0 aliphatic heterocycles. The van der Waals surface area contributed by atoms with Crippen LogP contribution in [0.5, 0.6) is 0 Å². The molecule has 29 heavy (non-hydrogen) atoms. The molecule has 0 amide bonds. The molecule has 0 aromatic heterocycles. The smallest absolute Gasteiger partial charge is 0.305 e. The molecule has 2 N–H and O–H groups in total. The monoisotopic (exact) mass is 413 g/mol. The lowest BCUT2D eigenvalue weighted by molar-refractivity contribution is -0.144. The average molecular weight is 414 g/mol. The lowest BCUT2D eigenvalue weighted by Gasteiger charge is -2.16. The lowest BCUT2D eigenvalue weighted by atomic mass is 9.92. The number of ether oxygens (including phenoxy) is 1. The molecule has 0 aromatic rings. The summed E-state index contributed by atoms with van der Waals surface area (Å²) in [5.74, 6) is 0.731. The van der Waals surface area contributed by atoms with E-state index in [-0.39, 0.29) is 5.97 Å². The van der Waals surface area contributed by atoms with Crippen molar-refractivity contribution in [3.8, 4) is 0 Å². The second-order valence-corrected chi connectivity index (χ2v) is 8.57. The van der Waals surface area contributed by atoms with Crippen LogP contribution in [0.1, 0.15) is 123 Å². The normalized spacial score (nSPS) is 11.3. The van der Waals surface area contributed by atoms with Crippen molar-refractivity contribution in [2.45, 2.75) is 123 Å². The van der Waals surface area contributed by atoms with E-state index in [0.717, 1.165) is 51.1 Å². The van der Waals surface area contributed by atoms with Crippen LogP contribution in [-0.4, -0.2) is 37.4 Å². The maximum absolute atomic E-state index is 12.0. The van der Waals surface area contributed by atoms with Gasteiger partial charge >= 0.3 is 5.97 Å².